The first-order valence-electron chi connectivity index (χ1n) is 13.2. The van der Waals surface area contributed by atoms with Gasteiger partial charge in [0.1, 0.15) is 0 Å². The fraction of sp³-hybridized carbons (Fsp3) is 0.960. The Morgan fingerprint density at radius 2 is 1.16 bits per heavy atom. The predicted octanol–water partition coefficient (Wildman–Crippen LogP) is 2.80. The van der Waals surface area contributed by atoms with E-state index in [2.05, 4.69) is 12.2 Å². The molecule has 0 atom stereocenters. The van der Waals surface area contributed by atoms with Gasteiger partial charge in [-0.05, 0) is 18.9 Å². The second-order valence-electron chi connectivity index (χ2n) is 9.21. The molecule has 0 saturated carbocycles. The molecular weight excluding hydrogens is 442 g/mol. The number of unbranched alkanes of at least 4 members (excludes halogenated alkanes) is 15. The molecule has 194 valence electrons. The Bertz CT molecular complexity index is 390. The molecule has 7 heteroatoms. The van der Waals surface area contributed by atoms with Crippen LogP contribution in [0.5, 0.6) is 0 Å². The molecule has 0 saturated heterocycles. The van der Waals surface area contributed by atoms with E-state index in [9.17, 15) is 15.0 Å². The third-order valence-corrected chi connectivity index (χ3v) is 9.68. The van der Waals surface area contributed by atoms with Crippen molar-refractivity contribution in [2.24, 2.45) is 0 Å². The molecule has 0 heterocycles. The zero-order valence-electron chi connectivity index (χ0n) is 21.1. The van der Waals surface area contributed by atoms with Gasteiger partial charge in [0, 0.05) is 20.1 Å². The summed E-state index contributed by atoms with van der Waals surface area (Å²) in [7, 11) is -0.713. The molecule has 0 aromatic heterocycles. The maximum atomic E-state index is 11.9. The van der Waals surface area contributed by atoms with Gasteiger partial charge in [-0.15, -0.1) is 0 Å². The summed E-state index contributed by atoms with van der Waals surface area (Å²) in [5.41, 5.74) is 0. The van der Waals surface area contributed by atoms with E-state index in [0.717, 1.165) is 44.7 Å². The average molecular weight is 495 g/mol. The highest BCUT2D eigenvalue weighted by Crippen LogP contribution is 2.15. The molecule has 0 aliphatic carbocycles. The number of hydrogen-bond donors (Lipinski definition) is 3. The number of amides is 1. The fourth-order valence-corrected chi connectivity index (χ4v) is 5.76. The quantitative estimate of drug-likeness (QED) is 0.142. The Hall–Kier alpha value is -0.143. The zero-order chi connectivity index (χ0) is 23.0. The smallest absolute Gasteiger partial charge is 0.242 e. The normalized spacial score (nSPS) is 11.4. The number of carbonyl (C=O) groups is 1. The topological polar surface area (TPSA) is 78.8 Å². The molecular formula is C25H53ClNO4Si-. The minimum Gasteiger partial charge on any atom is -1.00 e. The third kappa shape index (κ3) is 20.5. The van der Waals surface area contributed by atoms with Crippen LogP contribution in [0, 0.1) is 0 Å². The fourth-order valence-electron chi connectivity index (χ4n) is 3.98. The monoisotopic (exact) mass is 494 g/mol. The minimum absolute atomic E-state index is 0. The van der Waals surface area contributed by atoms with Crippen molar-refractivity contribution in [3.05, 3.63) is 0 Å². The Morgan fingerprint density at radius 1 is 0.719 bits per heavy atom. The molecule has 3 N–H and O–H groups in total. The average Bonchev–Trinajstić information content (AvgIpc) is 2.79. The first-order chi connectivity index (χ1) is 15.1. The SMILES string of the molecule is CCCCCCCCCCCCCCCC(=O)NCCCCCC[Si](CO)(CO)OC.[Cl-]. The molecule has 0 aliphatic heterocycles. The summed E-state index contributed by atoms with van der Waals surface area (Å²) in [5, 5.41) is 21.8. The molecule has 0 rings (SSSR count). The summed E-state index contributed by atoms with van der Waals surface area (Å²) < 4.78 is 5.38. The molecule has 0 fully saturated rings. The molecule has 5 nitrogen and oxygen atoms in total. The molecule has 0 spiro atoms. The van der Waals surface area contributed by atoms with Gasteiger partial charge in [0.25, 0.3) is 0 Å². The van der Waals surface area contributed by atoms with Gasteiger partial charge in [0.05, 0.1) is 12.5 Å². The van der Waals surface area contributed by atoms with Crippen LogP contribution >= 0.6 is 0 Å². The molecule has 0 bridgehead atoms. The summed E-state index contributed by atoms with van der Waals surface area (Å²) in [6, 6.07) is 0.794. The van der Waals surface area contributed by atoms with Gasteiger partial charge in [-0.25, -0.2) is 0 Å². The highest BCUT2D eigenvalue weighted by molar-refractivity contribution is 6.73. The van der Waals surface area contributed by atoms with E-state index in [4.69, 9.17) is 4.43 Å². The van der Waals surface area contributed by atoms with Crippen molar-refractivity contribution in [2.45, 2.75) is 129 Å². The summed E-state index contributed by atoms with van der Waals surface area (Å²) >= 11 is 0. The van der Waals surface area contributed by atoms with E-state index < -0.39 is 8.32 Å². The van der Waals surface area contributed by atoms with E-state index in [-0.39, 0.29) is 30.8 Å². The lowest BCUT2D eigenvalue weighted by Crippen LogP contribution is -3.00. The number of aliphatic hydroxyl groups is 2. The van der Waals surface area contributed by atoms with Crippen molar-refractivity contribution in [3.8, 4) is 0 Å². The van der Waals surface area contributed by atoms with E-state index >= 15 is 0 Å². The van der Waals surface area contributed by atoms with Crippen molar-refractivity contribution >= 4 is 14.2 Å². The van der Waals surface area contributed by atoms with Gasteiger partial charge in [-0.3, -0.25) is 4.79 Å². The minimum atomic E-state index is -2.30. The lowest BCUT2D eigenvalue weighted by atomic mass is 10.0. The molecule has 0 unspecified atom stereocenters. The van der Waals surface area contributed by atoms with Crippen molar-refractivity contribution in [3.63, 3.8) is 0 Å². The lowest BCUT2D eigenvalue weighted by Gasteiger charge is -2.24. The standard InChI is InChI=1S/C25H53NO4Si.ClH/c1-3-4-5-6-7-8-9-10-11-12-13-14-17-20-25(29)26-21-18-15-16-19-22-31(23-27,24-28)30-2;/h27-28H,3-24H2,1-2H3,(H,26,29);1H/p-1. The summed E-state index contributed by atoms with van der Waals surface area (Å²) in [4.78, 5) is 11.9. The van der Waals surface area contributed by atoms with Gasteiger partial charge in [0.15, 0.2) is 0 Å². The Morgan fingerprint density at radius 3 is 1.62 bits per heavy atom. The van der Waals surface area contributed by atoms with E-state index in [0.29, 0.717) is 6.42 Å². The number of rotatable bonds is 24. The molecule has 0 radical (unpaired) electrons. The highest BCUT2D eigenvalue weighted by atomic mass is 35.5. The molecule has 0 aromatic rings. The van der Waals surface area contributed by atoms with Gasteiger partial charge >= 0.3 is 0 Å². The van der Waals surface area contributed by atoms with Crippen LogP contribution in [-0.2, 0) is 9.22 Å². The van der Waals surface area contributed by atoms with Crippen LogP contribution in [0.25, 0.3) is 0 Å². The summed E-state index contributed by atoms with van der Waals surface area (Å²) in [6.07, 6.45) is 22.0. The lowest BCUT2D eigenvalue weighted by molar-refractivity contribution is -0.121. The maximum absolute atomic E-state index is 11.9. The number of hydrogen-bond acceptors (Lipinski definition) is 4. The van der Waals surface area contributed by atoms with E-state index in [1.54, 1.807) is 7.11 Å². The summed E-state index contributed by atoms with van der Waals surface area (Å²) in [6.45, 7) is 3.02. The molecule has 1 amide bonds. The largest absolute Gasteiger partial charge is 1.00 e. The highest BCUT2D eigenvalue weighted by Gasteiger charge is 2.31. The second-order valence-corrected chi connectivity index (χ2v) is 13.1. The molecule has 0 aromatic carbocycles. The van der Waals surface area contributed by atoms with E-state index in [1.165, 1.54) is 77.0 Å². The Labute approximate surface area is 206 Å². The van der Waals surface area contributed by atoms with Crippen LogP contribution in [0.15, 0.2) is 0 Å². The van der Waals surface area contributed by atoms with Gasteiger partial charge in [-0.1, -0.05) is 103 Å². The van der Waals surface area contributed by atoms with Gasteiger partial charge in [0.2, 0.25) is 14.2 Å². The first kappa shape index (κ1) is 34.0. The van der Waals surface area contributed by atoms with Crippen LogP contribution in [0.3, 0.4) is 0 Å². The number of carbonyl (C=O) groups excluding carboxylic acids is 1. The maximum Gasteiger partial charge on any atom is 0.242 e. The predicted molar refractivity (Wildman–Crippen MR) is 134 cm³/mol. The van der Waals surface area contributed by atoms with Crippen LogP contribution in [-0.4, -0.2) is 50.6 Å². The van der Waals surface area contributed by atoms with Crippen LogP contribution in [0.1, 0.15) is 122 Å². The van der Waals surface area contributed by atoms with Crippen LogP contribution in [0.4, 0.5) is 0 Å². The van der Waals surface area contributed by atoms with Crippen LogP contribution in [0.2, 0.25) is 6.04 Å². The van der Waals surface area contributed by atoms with Crippen molar-refractivity contribution in [2.75, 3.05) is 26.1 Å². The number of nitrogens with one attached hydrogen (secondary N) is 1. The zero-order valence-corrected chi connectivity index (χ0v) is 22.9. The Kier molecular flexibility index (Phi) is 27.1. The number of halogens is 1. The number of aliphatic hydroxyl groups excluding tert-OH is 2. The van der Waals surface area contributed by atoms with Crippen molar-refractivity contribution < 1.29 is 31.8 Å². The first-order valence-corrected chi connectivity index (χ1v) is 15.7. The van der Waals surface area contributed by atoms with Crippen LogP contribution < -0.4 is 17.7 Å². The molecule has 32 heavy (non-hydrogen) atoms. The molecule has 0 aliphatic rings. The third-order valence-electron chi connectivity index (χ3n) is 6.40. The van der Waals surface area contributed by atoms with Crippen molar-refractivity contribution in [1.29, 1.82) is 0 Å². The van der Waals surface area contributed by atoms with E-state index in [1.807, 2.05) is 0 Å². The Balaban J connectivity index is 0. The summed E-state index contributed by atoms with van der Waals surface area (Å²) in [5.74, 6) is 0.189. The second kappa shape index (κ2) is 25.5. The van der Waals surface area contributed by atoms with Gasteiger partial charge < -0.3 is 32.4 Å². The van der Waals surface area contributed by atoms with Crippen molar-refractivity contribution in [1.82, 2.24) is 5.32 Å². The van der Waals surface area contributed by atoms with Gasteiger partial charge in [-0.2, -0.15) is 0 Å².